The van der Waals surface area contributed by atoms with Crippen LogP contribution in [0.4, 0.5) is 4.79 Å². The molecule has 1 saturated carbocycles. The zero-order chi connectivity index (χ0) is 20.8. The van der Waals surface area contributed by atoms with E-state index in [2.05, 4.69) is 26.8 Å². The fourth-order valence-corrected chi connectivity index (χ4v) is 5.53. The molecule has 0 radical (unpaired) electrons. The van der Waals surface area contributed by atoms with Gasteiger partial charge in [-0.1, -0.05) is 11.6 Å². The summed E-state index contributed by atoms with van der Waals surface area (Å²) < 4.78 is 24.0. The van der Waals surface area contributed by atoms with Crippen molar-refractivity contribution in [2.75, 3.05) is 26.9 Å². The first-order valence-corrected chi connectivity index (χ1v) is 10.9. The standard InChI is InChI=1S/C22H35NO6/c1-14(2)7-8-17-21(3,29-17)19-18(26-4)16(9-10-22(19)13-27-22)28-20(25)23-11-5-6-15(23)12-24/h7,15-19,24H,5-6,8-13H2,1-4H3. The number of nitrogens with zero attached hydrogens (tertiary/aromatic N) is 1. The highest BCUT2D eigenvalue weighted by atomic mass is 16.6. The second-order valence-electron chi connectivity index (χ2n) is 9.47. The summed E-state index contributed by atoms with van der Waals surface area (Å²) in [5, 5.41) is 9.53. The van der Waals surface area contributed by atoms with Crippen LogP contribution in [0.2, 0.25) is 0 Å². The number of hydrogen-bond donors (Lipinski definition) is 1. The van der Waals surface area contributed by atoms with Crippen LogP contribution in [0.15, 0.2) is 11.6 Å². The Morgan fingerprint density at radius 1 is 1.34 bits per heavy atom. The summed E-state index contributed by atoms with van der Waals surface area (Å²) in [6.45, 7) is 7.66. The van der Waals surface area contributed by atoms with Gasteiger partial charge in [0, 0.05) is 13.7 Å². The third kappa shape index (κ3) is 3.82. The zero-order valence-electron chi connectivity index (χ0n) is 18.1. The molecule has 0 aromatic rings. The summed E-state index contributed by atoms with van der Waals surface area (Å²) >= 11 is 0. The van der Waals surface area contributed by atoms with Gasteiger partial charge in [-0.25, -0.2) is 4.79 Å². The molecule has 1 N–H and O–H groups in total. The molecule has 3 aliphatic heterocycles. The van der Waals surface area contributed by atoms with Gasteiger partial charge in [-0.2, -0.15) is 0 Å². The molecule has 3 saturated heterocycles. The van der Waals surface area contributed by atoms with Crippen LogP contribution in [0.25, 0.3) is 0 Å². The second-order valence-corrected chi connectivity index (χ2v) is 9.47. The van der Waals surface area contributed by atoms with Crippen LogP contribution in [-0.4, -0.2) is 78.5 Å². The molecule has 4 fully saturated rings. The maximum Gasteiger partial charge on any atom is 0.410 e. The Kier molecular flexibility index (Phi) is 5.70. The minimum atomic E-state index is -0.344. The molecular weight excluding hydrogens is 374 g/mol. The van der Waals surface area contributed by atoms with Gasteiger partial charge in [0.1, 0.15) is 23.4 Å². The van der Waals surface area contributed by atoms with Crippen molar-refractivity contribution in [1.29, 1.82) is 0 Å². The van der Waals surface area contributed by atoms with Gasteiger partial charge >= 0.3 is 6.09 Å². The van der Waals surface area contributed by atoms with Crippen molar-refractivity contribution in [1.82, 2.24) is 4.90 Å². The molecular formula is C22H35NO6. The molecule has 0 bridgehead atoms. The number of likely N-dealkylation sites (tertiary alicyclic amines) is 1. The lowest BCUT2D eigenvalue weighted by atomic mass is 9.68. The largest absolute Gasteiger partial charge is 0.443 e. The average Bonchev–Trinajstić information content (AvgIpc) is 3.54. The van der Waals surface area contributed by atoms with Gasteiger partial charge in [0.2, 0.25) is 0 Å². The summed E-state index contributed by atoms with van der Waals surface area (Å²) in [7, 11) is 1.68. The Balaban J connectivity index is 1.48. The zero-order valence-corrected chi connectivity index (χ0v) is 18.1. The Labute approximate surface area is 173 Å². The summed E-state index contributed by atoms with van der Waals surface area (Å²) in [5.74, 6) is 0.0225. The summed E-state index contributed by atoms with van der Waals surface area (Å²) in [5.41, 5.74) is 0.720. The first kappa shape index (κ1) is 21.1. The van der Waals surface area contributed by atoms with E-state index in [1.165, 1.54) is 5.57 Å². The van der Waals surface area contributed by atoms with Crippen molar-refractivity contribution >= 4 is 6.09 Å². The predicted octanol–water partition coefficient (Wildman–Crippen LogP) is 2.66. The number of rotatable bonds is 6. The Morgan fingerprint density at radius 3 is 2.72 bits per heavy atom. The van der Waals surface area contributed by atoms with Crippen LogP contribution >= 0.6 is 0 Å². The topological polar surface area (TPSA) is 84.1 Å². The highest BCUT2D eigenvalue weighted by molar-refractivity contribution is 5.68. The molecule has 7 unspecified atom stereocenters. The summed E-state index contributed by atoms with van der Waals surface area (Å²) in [4.78, 5) is 14.5. The van der Waals surface area contributed by atoms with E-state index in [4.69, 9.17) is 18.9 Å². The molecule has 1 spiro atoms. The van der Waals surface area contributed by atoms with Crippen LogP contribution in [0.5, 0.6) is 0 Å². The van der Waals surface area contributed by atoms with E-state index in [1.54, 1.807) is 12.0 Å². The number of aliphatic hydroxyl groups excluding tert-OH is 1. The summed E-state index contributed by atoms with van der Waals surface area (Å²) in [6.07, 6.45) is 5.54. The number of carbonyl (C=O) groups excluding carboxylic acids is 1. The van der Waals surface area contributed by atoms with E-state index in [-0.39, 0.29) is 54.2 Å². The molecule has 1 amide bonds. The number of epoxide rings is 2. The number of ether oxygens (including phenoxy) is 4. The Morgan fingerprint density at radius 2 is 2.10 bits per heavy atom. The van der Waals surface area contributed by atoms with Crippen LogP contribution in [-0.2, 0) is 18.9 Å². The molecule has 4 rings (SSSR count). The maximum absolute atomic E-state index is 12.8. The molecule has 0 aromatic heterocycles. The average molecular weight is 410 g/mol. The highest BCUT2D eigenvalue weighted by Crippen LogP contribution is 2.59. The molecule has 3 heterocycles. The number of amides is 1. The third-order valence-electron chi connectivity index (χ3n) is 7.31. The van der Waals surface area contributed by atoms with Gasteiger partial charge in [0.25, 0.3) is 0 Å². The van der Waals surface area contributed by atoms with Crippen LogP contribution in [0.1, 0.15) is 52.9 Å². The van der Waals surface area contributed by atoms with Gasteiger partial charge in [-0.3, -0.25) is 0 Å². The molecule has 7 heteroatoms. The van der Waals surface area contributed by atoms with Gasteiger partial charge in [0.05, 0.1) is 31.3 Å². The predicted molar refractivity (Wildman–Crippen MR) is 107 cm³/mol. The van der Waals surface area contributed by atoms with Gasteiger partial charge in [-0.05, 0) is 52.9 Å². The van der Waals surface area contributed by atoms with E-state index in [0.29, 0.717) is 19.6 Å². The number of carbonyl (C=O) groups is 1. The quantitative estimate of drug-likeness (QED) is 0.536. The van der Waals surface area contributed by atoms with E-state index in [0.717, 1.165) is 25.7 Å². The van der Waals surface area contributed by atoms with E-state index in [1.807, 2.05) is 0 Å². The van der Waals surface area contributed by atoms with E-state index < -0.39 is 0 Å². The molecule has 29 heavy (non-hydrogen) atoms. The molecule has 4 aliphatic rings. The Bertz CT molecular complexity index is 658. The van der Waals surface area contributed by atoms with Crippen molar-refractivity contribution in [3.63, 3.8) is 0 Å². The first-order valence-electron chi connectivity index (χ1n) is 10.9. The second kappa shape index (κ2) is 7.84. The van der Waals surface area contributed by atoms with Crippen molar-refractivity contribution < 1.29 is 28.8 Å². The van der Waals surface area contributed by atoms with Crippen molar-refractivity contribution in [2.24, 2.45) is 5.92 Å². The van der Waals surface area contributed by atoms with Gasteiger partial charge in [-0.15, -0.1) is 0 Å². The number of aliphatic hydroxyl groups is 1. The van der Waals surface area contributed by atoms with Crippen LogP contribution < -0.4 is 0 Å². The number of allylic oxidation sites excluding steroid dienone is 1. The lowest BCUT2D eigenvalue weighted by Gasteiger charge is -2.43. The lowest BCUT2D eigenvalue weighted by molar-refractivity contribution is -0.122. The van der Waals surface area contributed by atoms with Crippen molar-refractivity contribution in [2.45, 2.75) is 88.4 Å². The van der Waals surface area contributed by atoms with Crippen molar-refractivity contribution in [3.05, 3.63) is 11.6 Å². The smallest absolute Gasteiger partial charge is 0.410 e. The first-order chi connectivity index (χ1) is 13.8. The SMILES string of the molecule is COC1C(OC(=O)N2CCCC2CO)CCC2(CO2)C1C1(C)OC1CC=C(C)C. The minimum Gasteiger partial charge on any atom is -0.443 e. The fourth-order valence-electron chi connectivity index (χ4n) is 5.53. The molecule has 0 aromatic carbocycles. The van der Waals surface area contributed by atoms with E-state index >= 15 is 0 Å². The lowest BCUT2D eigenvalue weighted by Crippen LogP contribution is -2.56. The Hall–Kier alpha value is -1.15. The summed E-state index contributed by atoms with van der Waals surface area (Å²) in [6, 6.07) is -0.140. The van der Waals surface area contributed by atoms with Gasteiger partial charge in [0.15, 0.2) is 0 Å². The molecule has 164 valence electrons. The van der Waals surface area contributed by atoms with Crippen molar-refractivity contribution in [3.8, 4) is 0 Å². The minimum absolute atomic E-state index is 0.0225. The molecule has 7 nitrogen and oxygen atoms in total. The monoisotopic (exact) mass is 409 g/mol. The molecule has 1 aliphatic carbocycles. The maximum atomic E-state index is 12.8. The van der Waals surface area contributed by atoms with Crippen LogP contribution in [0.3, 0.4) is 0 Å². The fraction of sp³-hybridized carbons (Fsp3) is 0.864. The van der Waals surface area contributed by atoms with Crippen LogP contribution in [0, 0.1) is 5.92 Å². The van der Waals surface area contributed by atoms with Gasteiger partial charge < -0.3 is 29.0 Å². The number of methoxy groups -OCH3 is 1. The third-order valence-corrected chi connectivity index (χ3v) is 7.31. The normalized spacial score (nSPS) is 43.3. The van der Waals surface area contributed by atoms with E-state index in [9.17, 15) is 9.90 Å². The number of hydrogen-bond acceptors (Lipinski definition) is 6. The highest BCUT2D eigenvalue weighted by Gasteiger charge is 2.72. The molecule has 7 atom stereocenters.